The van der Waals surface area contributed by atoms with Crippen LogP contribution in [0.2, 0.25) is 0 Å². The number of fused-ring (bicyclic) bond motifs is 1. The minimum Gasteiger partial charge on any atom is -0.471 e. The molecule has 168 valence electrons. The van der Waals surface area contributed by atoms with Gasteiger partial charge in [-0.3, -0.25) is 14.6 Å². The average Bonchev–Trinajstić information content (AvgIpc) is 3.52. The molecule has 7 nitrogen and oxygen atoms in total. The normalized spacial score (nSPS) is 16.3. The van der Waals surface area contributed by atoms with Crippen molar-refractivity contribution in [3.8, 4) is 5.88 Å². The highest BCUT2D eigenvalue weighted by atomic mass is 19.3. The summed E-state index contributed by atoms with van der Waals surface area (Å²) < 4.78 is 29.8. The van der Waals surface area contributed by atoms with Crippen molar-refractivity contribution in [1.29, 1.82) is 5.41 Å². The van der Waals surface area contributed by atoms with Crippen LogP contribution in [0.15, 0.2) is 24.5 Å². The summed E-state index contributed by atoms with van der Waals surface area (Å²) in [4.78, 5) is 35.8. The van der Waals surface area contributed by atoms with Crippen molar-refractivity contribution in [2.45, 2.75) is 52.1 Å². The Kier molecular flexibility index (Phi) is 5.99. The van der Waals surface area contributed by atoms with Crippen molar-refractivity contribution in [2.75, 3.05) is 6.61 Å². The van der Waals surface area contributed by atoms with Gasteiger partial charge in [-0.15, -0.1) is 0 Å². The van der Waals surface area contributed by atoms with E-state index in [1.807, 2.05) is 6.92 Å². The minimum absolute atomic E-state index is 0.0339. The van der Waals surface area contributed by atoms with Crippen LogP contribution in [0.4, 0.5) is 8.78 Å². The maximum atomic E-state index is 13.1. The average molecular weight is 442 g/mol. The smallest absolute Gasteiger partial charge is 0.272 e. The fourth-order valence-corrected chi connectivity index (χ4v) is 3.89. The first-order valence-corrected chi connectivity index (χ1v) is 10.5. The Hall–Kier alpha value is -3.23. The zero-order valence-corrected chi connectivity index (χ0v) is 17.9. The molecule has 2 aliphatic rings. The summed E-state index contributed by atoms with van der Waals surface area (Å²) in [5, 5.41) is 8.13. The van der Waals surface area contributed by atoms with E-state index >= 15 is 0 Å². The molecule has 0 bridgehead atoms. The van der Waals surface area contributed by atoms with Gasteiger partial charge in [0.15, 0.2) is 6.61 Å². The van der Waals surface area contributed by atoms with Gasteiger partial charge in [0, 0.05) is 35.6 Å². The van der Waals surface area contributed by atoms with E-state index in [-0.39, 0.29) is 35.8 Å². The molecule has 1 saturated carbocycles. The highest BCUT2D eigenvalue weighted by Crippen LogP contribution is 2.35. The number of alkyl halides is 2. The molecule has 1 aliphatic heterocycles. The summed E-state index contributed by atoms with van der Waals surface area (Å²) in [7, 11) is 0. The van der Waals surface area contributed by atoms with Gasteiger partial charge in [-0.2, -0.15) is 0 Å². The predicted molar refractivity (Wildman–Crippen MR) is 112 cm³/mol. The summed E-state index contributed by atoms with van der Waals surface area (Å²) in [5.74, 6) is -0.115. The third-order valence-corrected chi connectivity index (χ3v) is 5.90. The summed E-state index contributed by atoms with van der Waals surface area (Å²) in [6.07, 6.45) is 2.88. The van der Waals surface area contributed by atoms with Crippen molar-refractivity contribution in [3.63, 3.8) is 0 Å². The van der Waals surface area contributed by atoms with Gasteiger partial charge in [0.25, 0.3) is 12.3 Å². The molecule has 4 rings (SSSR count). The van der Waals surface area contributed by atoms with E-state index in [1.54, 1.807) is 24.0 Å². The summed E-state index contributed by atoms with van der Waals surface area (Å²) >= 11 is 0. The number of rotatable bonds is 9. The Morgan fingerprint density at radius 1 is 1.34 bits per heavy atom. The number of ketones is 1. The van der Waals surface area contributed by atoms with E-state index < -0.39 is 18.8 Å². The van der Waals surface area contributed by atoms with Crippen molar-refractivity contribution in [3.05, 3.63) is 52.5 Å². The number of carbonyl (C=O) groups is 2. The molecule has 32 heavy (non-hydrogen) atoms. The Morgan fingerprint density at radius 3 is 2.75 bits per heavy atom. The van der Waals surface area contributed by atoms with Crippen molar-refractivity contribution in [2.24, 2.45) is 5.92 Å². The molecule has 1 unspecified atom stereocenters. The van der Waals surface area contributed by atoms with Crippen LogP contribution in [0.5, 0.6) is 5.88 Å². The third kappa shape index (κ3) is 4.37. The summed E-state index contributed by atoms with van der Waals surface area (Å²) in [6.45, 7) is 3.01. The molecule has 1 amide bonds. The van der Waals surface area contributed by atoms with Gasteiger partial charge < -0.3 is 15.0 Å². The minimum atomic E-state index is -2.59. The second-order valence-electron chi connectivity index (χ2n) is 8.34. The largest absolute Gasteiger partial charge is 0.471 e. The van der Waals surface area contributed by atoms with Gasteiger partial charge in [0.1, 0.15) is 5.69 Å². The first-order chi connectivity index (χ1) is 15.3. The molecular weight excluding hydrogens is 418 g/mol. The SMILES string of the molecule is Cc1cc(C(C)N2Cc3c(ccnc3C(=O)C(=N)CC3CC3)C2=O)cnc1OCC(F)F. The fraction of sp³-hybridized carbons (Fsp3) is 0.435. The topological polar surface area (TPSA) is 96.2 Å². The number of Topliss-reactive ketones (excluding diaryl/α,β-unsaturated/α-hetero) is 1. The van der Waals surface area contributed by atoms with Gasteiger partial charge >= 0.3 is 0 Å². The molecule has 0 radical (unpaired) electrons. The number of aromatic nitrogens is 2. The molecule has 0 saturated heterocycles. The molecule has 2 aromatic rings. The number of amides is 1. The molecule has 0 aromatic carbocycles. The number of hydrogen-bond donors (Lipinski definition) is 1. The fourth-order valence-electron chi connectivity index (χ4n) is 3.89. The van der Waals surface area contributed by atoms with Gasteiger partial charge in [-0.1, -0.05) is 0 Å². The van der Waals surface area contributed by atoms with E-state index in [4.69, 9.17) is 10.1 Å². The number of halogens is 2. The lowest BCUT2D eigenvalue weighted by Gasteiger charge is -2.25. The number of nitrogens with one attached hydrogen (secondary N) is 1. The lowest BCUT2D eigenvalue weighted by atomic mass is 10.0. The maximum absolute atomic E-state index is 13.1. The number of pyridine rings is 2. The quantitative estimate of drug-likeness (QED) is 0.465. The van der Waals surface area contributed by atoms with Crippen LogP contribution in [0.3, 0.4) is 0 Å². The molecule has 1 aliphatic carbocycles. The Bertz CT molecular complexity index is 1080. The van der Waals surface area contributed by atoms with Crippen molar-refractivity contribution >= 4 is 17.4 Å². The first kappa shape index (κ1) is 22.0. The Morgan fingerprint density at radius 2 is 2.09 bits per heavy atom. The second-order valence-corrected chi connectivity index (χ2v) is 8.34. The molecule has 9 heteroatoms. The number of aryl methyl sites for hydroxylation is 1. The van der Waals surface area contributed by atoms with Gasteiger partial charge in [-0.05, 0) is 56.7 Å². The lowest BCUT2D eigenvalue weighted by Crippen LogP contribution is -2.27. The zero-order chi connectivity index (χ0) is 23.0. The number of nitrogens with zero attached hydrogens (tertiary/aromatic N) is 3. The van der Waals surface area contributed by atoms with Crippen LogP contribution >= 0.6 is 0 Å². The second kappa shape index (κ2) is 8.72. The van der Waals surface area contributed by atoms with Crippen LogP contribution < -0.4 is 4.74 Å². The maximum Gasteiger partial charge on any atom is 0.272 e. The zero-order valence-electron chi connectivity index (χ0n) is 17.9. The molecule has 0 spiro atoms. The molecule has 1 atom stereocenters. The standard InChI is InChI=1S/C23H24F2N4O3/c1-12-7-15(9-28-22(12)32-11-19(24)25)13(2)29-10-17-16(23(29)31)5-6-27-20(17)21(30)18(26)8-14-3-4-14/h5-7,9,13-14,19,26H,3-4,8,10-11H2,1-2H3. The molecule has 3 heterocycles. The van der Waals surface area contributed by atoms with Crippen LogP contribution in [-0.4, -0.2) is 45.3 Å². The monoisotopic (exact) mass is 442 g/mol. The van der Waals surface area contributed by atoms with Gasteiger partial charge in [0.2, 0.25) is 11.7 Å². The van der Waals surface area contributed by atoms with Crippen molar-refractivity contribution in [1.82, 2.24) is 14.9 Å². The first-order valence-electron chi connectivity index (χ1n) is 10.5. The highest BCUT2D eigenvalue weighted by Gasteiger charge is 2.36. The molecular formula is C23H24F2N4O3. The van der Waals surface area contributed by atoms with Crippen LogP contribution in [-0.2, 0) is 6.54 Å². The van der Waals surface area contributed by atoms with E-state index in [1.165, 1.54) is 12.4 Å². The van der Waals surface area contributed by atoms with E-state index in [0.717, 1.165) is 18.4 Å². The van der Waals surface area contributed by atoms with E-state index in [0.29, 0.717) is 29.0 Å². The van der Waals surface area contributed by atoms with Crippen LogP contribution in [0.1, 0.15) is 69.8 Å². The third-order valence-electron chi connectivity index (χ3n) is 5.90. The van der Waals surface area contributed by atoms with Gasteiger partial charge in [-0.25, -0.2) is 13.8 Å². The molecule has 1 fully saturated rings. The van der Waals surface area contributed by atoms with E-state index in [9.17, 15) is 18.4 Å². The molecule has 1 N–H and O–H groups in total. The number of hydrogen-bond acceptors (Lipinski definition) is 6. The Labute approximate surface area is 184 Å². The van der Waals surface area contributed by atoms with Crippen LogP contribution in [0, 0.1) is 18.3 Å². The van der Waals surface area contributed by atoms with Crippen LogP contribution in [0.25, 0.3) is 0 Å². The lowest BCUT2D eigenvalue weighted by molar-refractivity contribution is 0.0712. The summed E-state index contributed by atoms with van der Waals surface area (Å²) in [5.41, 5.74) is 2.46. The predicted octanol–water partition coefficient (Wildman–Crippen LogP) is 4.15. The number of ether oxygens (including phenoxy) is 1. The number of carbonyl (C=O) groups excluding carboxylic acids is 2. The van der Waals surface area contributed by atoms with Crippen molar-refractivity contribution < 1.29 is 23.1 Å². The summed E-state index contributed by atoms with van der Waals surface area (Å²) in [6, 6.07) is 2.97. The highest BCUT2D eigenvalue weighted by molar-refractivity contribution is 6.45. The van der Waals surface area contributed by atoms with E-state index in [2.05, 4.69) is 9.97 Å². The molecule has 2 aromatic heterocycles. The van der Waals surface area contributed by atoms with Gasteiger partial charge in [0.05, 0.1) is 11.8 Å². The Balaban J connectivity index is 1.53.